The fourth-order valence-corrected chi connectivity index (χ4v) is 4.67. The first-order valence-electron chi connectivity index (χ1n) is 12.4. The SMILES string of the molecule is CCCCCCN(CCN1CCOCC1)C(=O)CCc1c(C)nc2c(c(OC)nn2C)c1C. The number of nitrogens with zero attached hydrogens (tertiary/aromatic N) is 5. The van der Waals surface area contributed by atoms with Crippen molar-refractivity contribution in [3.8, 4) is 5.88 Å². The van der Waals surface area contributed by atoms with E-state index in [0.717, 1.165) is 80.2 Å². The van der Waals surface area contributed by atoms with Crippen LogP contribution in [0.3, 0.4) is 0 Å². The lowest BCUT2D eigenvalue weighted by atomic mass is 10.00. The van der Waals surface area contributed by atoms with Crippen molar-refractivity contribution in [3.05, 3.63) is 16.8 Å². The lowest BCUT2D eigenvalue weighted by Crippen LogP contribution is -2.43. The maximum absolute atomic E-state index is 13.3. The lowest BCUT2D eigenvalue weighted by molar-refractivity contribution is -0.131. The number of fused-ring (bicyclic) bond motifs is 1. The highest BCUT2D eigenvalue weighted by atomic mass is 16.5. The lowest BCUT2D eigenvalue weighted by Gasteiger charge is -2.30. The highest BCUT2D eigenvalue weighted by Crippen LogP contribution is 2.30. The van der Waals surface area contributed by atoms with Crippen LogP contribution in [0.5, 0.6) is 5.88 Å². The van der Waals surface area contributed by atoms with Crippen LogP contribution < -0.4 is 4.74 Å². The number of amides is 1. The maximum Gasteiger partial charge on any atom is 0.242 e. The first kappa shape index (κ1) is 25.4. The molecule has 1 aliphatic rings. The van der Waals surface area contributed by atoms with Crippen molar-refractivity contribution < 1.29 is 14.3 Å². The van der Waals surface area contributed by atoms with Crippen LogP contribution in [0.15, 0.2) is 0 Å². The first-order valence-corrected chi connectivity index (χ1v) is 12.4. The minimum absolute atomic E-state index is 0.233. The van der Waals surface area contributed by atoms with E-state index in [1.807, 2.05) is 14.0 Å². The number of carbonyl (C=O) groups excluding carboxylic acids is 1. The van der Waals surface area contributed by atoms with Gasteiger partial charge in [-0.1, -0.05) is 26.2 Å². The molecule has 2 aromatic heterocycles. The van der Waals surface area contributed by atoms with Crippen molar-refractivity contribution in [1.82, 2.24) is 24.6 Å². The number of aryl methyl sites for hydroxylation is 3. The van der Waals surface area contributed by atoms with Crippen LogP contribution in [0.4, 0.5) is 0 Å². The normalized spacial score (nSPS) is 14.7. The van der Waals surface area contributed by atoms with Gasteiger partial charge in [0.15, 0.2) is 5.65 Å². The molecule has 0 aliphatic carbocycles. The summed E-state index contributed by atoms with van der Waals surface area (Å²) in [6, 6.07) is 0. The third kappa shape index (κ3) is 6.44. The van der Waals surface area contributed by atoms with Gasteiger partial charge in [-0.2, -0.15) is 0 Å². The second kappa shape index (κ2) is 12.3. The molecule has 0 unspecified atom stereocenters. The number of rotatable bonds is 12. The van der Waals surface area contributed by atoms with E-state index >= 15 is 0 Å². The zero-order valence-electron chi connectivity index (χ0n) is 21.2. The maximum atomic E-state index is 13.3. The molecule has 1 fully saturated rings. The predicted octanol–water partition coefficient (Wildman–Crippen LogP) is 3.27. The summed E-state index contributed by atoms with van der Waals surface area (Å²) >= 11 is 0. The zero-order chi connectivity index (χ0) is 23.8. The molecule has 0 N–H and O–H groups in total. The second-order valence-corrected chi connectivity index (χ2v) is 9.03. The number of hydrogen-bond donors (Lipinski definition) is 0. The highest BCUT2D eigenvalue weighted by molar-refractivity contribution is 5.86. The van der Waals surface area contributed by atoms with E-state index in [4.69, 9.17) is 14.5 Å². The molecular formula is C25H41N5O3. The Morgan fingerprint density at radius 1 is 1.15 bits per heavy atom. The van der Waals surface area contributed by atoms with Crippen LogP contribution in [0.25, 0.3) is 11.0 Å². The second-order valence-electron chi connectivity index (χ2n) is 9.03. The van der Waals surface area contributed by atoms with Gasteiger partial charge in [0, 0.05) is 51.9 Å². The van der Waals surface area contributed by atoms with Gasteiger partial charge in [0.2, 0.25) is 11.8 Å². The third-order valence-electron chi connectivity index (χ3n) is 6.73. The molecule has 0 atom stereocenters. The Bertz CT molecular complexity index is 921. The summed E-state index contributed by atoms with van der Waals surface area (Å²) < 4.78 is 12.7. The Balaban J connectivity index is 1.68. The van der Waals surface area contributed by atoms with Crippen molar-refractivity contribution >= 4 is 16.9 Å². The van der Waals surface area contributed by atoms with Crippen molar-refractivity contribution in [3.63, 3.8) is 0 Å². The summed E-state index contributed by atoms with van der Waals surface area (Å²) in [4.78, 5) is 22.5. The van der Waals surface area contributed by atoms with Crippen LogP contribution in [0, 0.1) is 13.8 Å². The molecule has 1 saturated heterocycles. The summed E-state index contributed by atoms with van der Waals surface area (Å²) in [6.07, 6.45) is 5.85. The molecule has 0 radical (unpaired) electrons. The van der Waals surface area contributed by atoms with E-state index in [9.17, 15) is 4.79 Å². The van der Waals surface area contributed by atoms with Crippen LogP contribution in [0.2, 0.25) is 0 Å². The standard InChI is InChI=1S/C25H41N5O3/c1-6-7-8-9-12-30(14-13-29-15-17-33-18-16-29)22(31)11-10-21-19(2)23-24(26-20(21)3)28(4)27-25(23)32-5/h6-18H2,1-5H3. The van der Waals surface area contributed by atoms with Crippen molar-refractivity contribution in [2.75, 3.05) is 53.0 Å². The zero-order valence-corrected chi connectivity index (χ0v) is 21.2. The molecule has 0 spiro atoms. The van der Waals surface area contributed by atoms with E-state index in [1.54, 1.807) is 11.8 Å². The van der Waals surface area contributed by atoms with Crippen LogP contribution in [0.1, 0.15) is 55.8 Å². The summed E-state index contributed by atoms with van der Waals surface area (Å²) in [5.41, 5.74) is 4.01. The molecule has 0 aromatic carbocycles. The Morgan fingerprint density at radius 3 is 2.61 bits per heavy atom. The van der Waals surface area contributed by atoms with Crippen molar-refractivity contribution in [2.45, 2.75) is 59.3 Å². The van der Waals surface area contributed by atoms with Gasteiger partial charge < -0.3 is 14.4 Å². The fourth-order valence-electron chi connectivity index (χ4n) is 4.67. The first-order chi connectivity index (χ1) is 16.0. The topological polar surface area (TPSA) is 72.7 Å². The number of unbranched alkanes of at least 4 members (excludes halogenated alkanes) is 3. The summed E-state index contributed by atoms with van der Waals surface area (Å²) in [7, 11) is 3.51. The Hall–Kier alpha value is -2.19. The van der Waals surface area contributed by atoms with Gasteiger partial charge in [-0.25, -0.2) is 9.67 Å². The van der Waals surface area contributed by atoms with Crippen molar-refractivity contribution in [1.29, 1.82) is 0 Å². The van der Waals surface area contributed by atoms with Crippen LogP contribution in [-0.4, -0.2) is 83.5 Å². The molecule has 1 amide bonds. The third-order valence-corrected chi connectivity index (χ3v) is 6.73. The minimum Gasteiger partial charge on any atom is -0.479 e. The molecule has 8 heteroatoms. The number of aromatic nitrogens is 3. The molecular weight excluding hydrogens is 418 g/mol. The summed E-state index contributed by atoms with van der Waals surface area (Å²) in [5.74, 6) is 0.824. The smallest absolute Gasteiger partial charge is 0.242 e. The molecule has 0 bridgehead atoms. The average molecular weight is 460 g/mol. The van der Waals surface area contributed by atoms with E-state index in [-0.39, 0.29) is 5.91 Å². The van der Waals surface area contributed by atoms with Gasteiger partial charge in [-0.05, 0) is 37.8 Å². The molecule has 3 rings (SSSR count). The molecule has 0 saturated carbocycles. The number of carbonyl (C=O) groups is 1. The Labute approximate surface area is 198 Å². The molecule has 2 aromatic rings. The monoisotopic (exact) mass is 459 g/mol. The molecule has 8 nitrogen and oxygen atoms in total. The number of methoxy groups -OCH3 is 1. The molecule has 3 heterocycles. The van der Waals surface area contributed by atoms with Gasteiger partial charge in [0.25, 0.3) is 0 Å². The Morgan fingerprint density at radius 2 is 1.91 bits per heavy atom. The van der Waals surface area contributed by atoms with Crippen LogP contribution >= 0.6 is 0 Å². The number of hydrogen-bond acceptors (Lipinski definition) is 6. The minimum atomic E-state index is 0.233. The Kier molecular flexibility index (Phi) is 9.50. The van der Waals surface area contributed by atoms with Crippen molar-refractivity contribution in [2.24, 2.45) is 7.05 Å². The number of ether oxygens (including phenoxy) is 2. The highest BCUT2D eigenvalue weighted by Gasteiger charge is 2.21. The van der Waals surface area contributed by atoms with E-state index in [0.29, 0.717) is 18.7 Å². The number of pyridine rings is 1. The largest absolute Gasteiger partial charge is 0.479 e. The van der Waals surface area contributed by atoms with Gasteiger partial charge in [-0.15, -0.1) is 5.10 Å². The fraction of sp³-hybridized carbons (Fsp3) is 0.720. The van der Waals surface area contributed by atoms with E-state index < -0.39 is 0 Å². The molecule has 1 aliphatic heterocycles. The van der Waals surface area contributed by atoms with E-state index in [1.165, 1.54) is 19.3 Å². The van der Waals surface area contributed by atoms with Gasteiger partial charge >= 0.3 is 0 Å². The van der Waals surface area contributed by atoms with E-state index in [2.05, 4.69) is 28.7 Å². The quantitative estimate of drug-likeness (QED) is 0.454. The molecule has 33 heavy (non-hydrogen) atoms. The summed E-state index contributed by atoms with van der Waals surface area (Å²) in [5, 5.41) is 5.38. The molecule has 184 valence electrons. The van der Waals surface area contributed by atoms with Gasteiger partial charge in [0.1, 0.15) is 0 Å². The van der Waals surface area contributed by atoms with Gasteiger partial charge in [-0.3, -0.25) is 9.69 Å². The van der Waals surface area contributed by atoms with Gasteiger partial charge in [0.05, 0.1) is 25.7 Å². The summed E-state index contributed by atoms with van der Waals surface area (Å²) in [6.45, 7) is 12.4. The average Bonchev–Trinajstić information content (AvgIpc) is 3.14. The predicted molar refractivity (Wildman–Crippen MR) is 131 cm³/mol. The van der Waals surface area contributed by atoms with Crippen LogP contribution in [-0.2, 0) is 23.0 Å². The number of morpholine rings is 1.